The smallest absolute Gasteiger partial charge is 0.130 e. The molecule has 1 unspecified atom stereocenters. The largest absolute Gasteiger partial charge is 0.390 e. The predicted molar refractivity (Wildman–Crippen MR) is 137 cm³/mol. The molecule has 1 saturated heterocycles. The van der Waals surface area contributed by atoms with E-state index in [2.05, 4.69) is 21.5 Å². The molecule has 0 radical (unpaired) electrons. The first-order valence-corrected chi connectivity index (χ1v) is 11.8. The van der Waals surface area contributed by atoms with Crippen molar-refractivity contribution >= 4 is 23.7 Å². The molecule has 1 heterocycles. The van der Waals surface area contributed by atoms with Crippen molar-refractivity contribution in [3.63, 3.8) is 0 Å². The molecule has 2 aromatic carbocycles. The van der Waals surface area contributed by atoms with Gasteiger partial charge in [-0.05, 0) is 47.9 Å². The number of amidine groups is 1. The highest BCUT2D eigenvalue weighted by Gasteiger charge is 2.47. The summed E-state index contributed by atoms with van der Waals surface area (Å²) in [5, 5.41) is 19.4. The van der Waals surface area contributed by atoms with Gasteiger partial charge in [-0.1, -0.05) is 42.4 Å². The van der Waals surface area contributed by atoms with Crippen molar-refractivity contribution in [2.24, 2.45) is 21.1 Å². The molecule has 1 spiro atoms. The van der Waals surface area contributed by atoms with Gasteiger partial charge in [0.15, 0.2) is 0 Å². The quantitative estimate of drug-likeness (QED) is 0.474. The van der Waals surface area contributed by atoms with Crippen molar-refractivity contribution in [2.75, 3.05) is 19.7 Å². The maximum absolute atomic E-state index is 14.4. The Morgan fingerprint density at radius 1 is 1.31 bits per heavy atom. The Labute approximate surface area is 209 Å². The lowest BCUT2D eigenvalue weighted by Gasteiger charge is -2.43. The van der Waals surface area contributed by atoms with Crippen molar-refractivity contribution in [3.8, 4) is 6.07 Å². The molecule has 2 aliphatic rings. The zero-order chi connectivity index (χ0) is 25.0. The molecule has 2 aromatic rings. The third-order valence-electron chi connectivity index (χ3n) is 6.96. The van der Waals surface area contributed by atoms with E-state index in [0.717, 1.165) is 24.0 Å². The van der Waals surface area contributed by atoms with Gasteiger partial charge >= 0.3 is 0 Å². The molecule has 4 rings (SSSR count). The number of fused-ring (bicyclic) bond motifs is 1. The van der Waals surface area contributed by atoms with Gasteiger partial charge in [-0.15, -0.1) is 0 Å². The fourth-order valence-corrected chi connectivity index (χ4v) is 5.20. The Morgan fingerprint density at radius 2 is 2.06 bits per heavy atom. The van der Waals surface area contributed by atoms with Crippen LogP contribution in [0.1, 0.15) is 41.1 Å². The van der Waals surface area contributed by atoms with E-state index < -0.39 is 0 Å². The SMILES string of the molecule is C=CN=C(/C=C(\CO)N=Cc1cccc(C#N)c1Cl)N1CCC2(CC1)Cc1c(F)cccc1C2N. The van der Waals surface area contributed by atoms with Crippen molar-refractivity contribution < 1.29 is 9.50 Å². The van der Waals surface area contributed by atoms with E-state index in [9.17, 15) is 9.50 Å². The third kappa shape index (κ3) is 4.92. The van der Waals surface area contributed by atoms with Gasteiger partial charge in [0.2, 0.25) is 0 Å². The van der Waals surface area contributed by atoms with E-state index in [1.54, 1.807) is 30.3 Å². The Kier molecular flexibility index (Phi) is 7.46. The fraction of sp³-hybridized carbons (Fsp3) is 0.296. The van der Waals surface area contributed by atoms with E-state index in [-0.39, 0.29) is 23.9 Å². The standard InChI is InChI=1S/C27H27ClFN5O/c1-2-32-24(13-20(17-35)33-16-19-6-3-5-18(15-30)25(19)28)34-11-9-27(10-12-34)14-22-21(26(27)31)7-4-8-23(22)29/h2-8,13,16,26,35H,1,9-12,14,17,31H2/b20-13+,32-24?,33-16?. The Bertz CT molecular complexity index is 1250. The molecule has 35 heavy (non-hydrogen) atoms. The van der Waals surface area contributed by atoms with E-state index in [0.29, 0.717) is 47.2 Å². The summed E-state index contributed by atoms with van der Waals surface area (Å²) >= 11 is 6.25. The van der Waals surface area contributed by atoms with Crippen LogP contribution in [0.5, 0.6) is 0 Å². The minimum atomic E-state index is -0.306. The molecule has 1 aliphatic heterocycles. The number of nitrogens with zero attached hydrogens (tertiary/aromatic N) is 4. The van der Waals surface area contributed by atoms with Gasteiger partial charge in [0.05, 0.1) is 22.9 Å². The lowest BCUT2D eigenvalue weighted by atomic mass is 9.73. The second-order valence-corrected chi connectivity index (χ2v) is 9.23. The highest BCUT2D eigenvalue weighted by atomic mass is 35.5. The van der Waals surface area contributed by atoms with Crippen LogP contribution >= 0.6 is 11.6 Å². The first kappa shape index (κ1) is 24.8. The second kappa shape index (κ2) is 10.5. The van der Waals surface area contributed by atoms with E-state index in [1.807, 2.05) is 12.1 Å². The molecular weight excluding hydrogens is 465 g/mol. The number of likely N-dealkylation sites (tertiary alicyclic amines) is 1. The second-order valence-electron chi connectivity index (χ2n) is 8.85. The van der Waals surface area contributed by atoms with E-state index >= 15 is 0 Å². The fourth-order valence-electron chi connectivity index (χ4n) is 4.98. The molecule has 180 valence electrons. The number of nitriles is 1. The summed E-state index contributed by atoms with van der Waals surface area (Å²) in [6, 6.07) is 12.1. The molecule has 1 aliphatic carbocycles. The van der Waals surface area contributed by atoms with Crippen LogP contribution < -0.4 is 5.73 Å². The van der Waals surface area contributed by atoms with Crippen molar-refractivity contribution in [2.45, 2.75) is 25.3 Å². The van der Waals surface area contributed by atoms with Gasteiger partial charge in [-0.3, -0.25) is 4.99 Å². The van der Waals surface area contributed by atoms with Crippen LogP contribution in [0.25, 0.3) is 0 Å². The van der Waals surface area contributed by atoms with Gasteiger partial charge in [0, 0.05) is 43.2 Å². The molecule has 0 saturated carbocycles. The number of hydrogen-bond acceptors (Lipinski definition) is 5. The highest BCUT2D eigenvalue weighted by molar-refractivity contribution is 6.34. The number of rotatable bonds is 5. The highest BCUT2D eigenvalue weighted by Crippen LogP contribution is 2.51. The van der Waals surface area contributed by atoms with Crippen molar-refractivity contribution in [3.05, 3.63) is 94.0 Å². The maximum Gasteiger partial charge on any atom is 0.130 e. The molecule has 1 fully saturated rings. The monoisotopic (exact) mass is 491 g/mol. The summed E-state index contributed by atoms with van der Waals surface area (Å²) in [5.41, 5.74) is 9.40. The van der Waals surface area contributed by atoms with Crippen LogP contribution in [0.15, 0.2) is 70.9 Å². The molecule has 1 atom stereocenters. The number of aliphatic hydroxyl groups is 1. The van der Waals surface area contributed by atoms with E-state index in [4.69, 9.17) is 22.6 Å². The summed E-state index contributed by atoms with van der Waals surface area (Å²) in [4.78, 5) is 10.9. The minimum Gasteiger partial charge on any atom is -0.390 e. The van der Waals surface area contributed by atoms with Crippen LogP contribution in [-0.2, 0) is 6.42 Å². The summed E-state index contributed by atoms with van der Waals surface area (Å²) in [7, 11) is 0. The average molecular weight is 492 g/mol. The molecule has 3 N–H and O–H groups in total. The predicted octanol–water partition coefficient (Wildman–Crippen LogP) is 4.53. The average Bonchev–Trinajstić information content (AvgIpc) is 3.15. The Balaban J connectivity index is 1.51. The van der Waals surface area contributed by atoms with Gasteiger partial charge in [-0.25, -0.2) is 9.38 Å². The number of benzene rings is 2. The molecule has 0 bridgehead atoms. The summed E-state index contributed by atoms with van der Waals surface area (Å²) < 4.78 is 14.4. The number of aliphatic imine (C=N–C) groups is 2. The number of piperidine rings is 1. The van der Waals surface area contributed by atoms with Gasteiger partial charge in [0.25, 0.3) is 0 Å². The number of aliphatic hydroxyl groups excluding tert-OH is 1. The number of nitrogens with two attached hydrogens (primary N) is 1. The summed E-state index contributed by atoms with van der Waals surface area (Å²) in [5.74, 6) is 0.447. The lowest BCUT2D eigenvalue weighted by molar-refractivity contribution is 0.127. The van der Waals surface area contributed by atoms with Crippen molar-refractivity contribution in [1.29, 1.82) is 5.26 Å². The zero-order valence-corrected chi connectivity index (χ0v) is 20.0. The normalized spacial score (nSPS) is 19.7. The zero-order valence-electron chi connectivity index (χ0n) is 19.3. The minimum absolute atomic E-state index is 0.176. The molecule has 8 heteroatoms. The topological polar surface area (TPSA) is 98.0 Å². The first-order chi connectivity index (χ1) is 16.9. The molecular formula is C27H27ClFN5O. The van der Waals surface area contributed by atoms with Crippen LogP contribution in [0.2, 0.25) is 5.02 Å². The maximum atomic E-state index is 14.4. The van der Waals surface area contributed by atoms with Crippen LogP contribution in [0.3, 0.4) is 0 Å². The molecule has 0 amide bonds. The third-order valence-corrected chi connectivity index (χ3v) is 7.38. The van der Waals surface area contributed by atoms with Gasteiger partial charge < -0.3 is 15.7 Å². The van der Waals surface area contributed by atoms with E-state index in [1.165, 1.54) is 18.5 Å². The summed E-state index contributed by atoms with van der Waals surface area (Å²) in [6.07, 6.45) is 6.91. The van der Waals surface area contributed by atoms with Gasteiger partial charge in [-0.2, -0.15) is 5.26 Å². The Morgan fingerprint density at radius 3 is 2.71 bits per heavy atom. The van der Waals surface area contributed by atoms with Crippen LogP contribution in [0.4, 0.5) is 4.39 Å². The van der Waals surface area contributed by atoms with Crippen LogP contribution in [-0.4, -0.2) is 41.8 Å². The lowest BCUT2D eigenvalue weighted by Crippen LogP contribution is -2.46. The Hall–Kier alpha value is -3.31. The first-order valence-electron chi connectivity index (χ1n) is 11.4. The van der Waals surface area contributed by atoms with Crippen LogP contribution in [0, 0.1) is 22.6 Å². The number of halogens is 2. The summed E-state index contributed by atoms with van der Waals surface area (Å²) in [6.45, 7) is 4.78. The molecule has 6 nitrogen and oxygen atoms in total. The molecule has 0 aromatic heterocycles. The number of hydrogen-bond donors (Lipinski definition) is 2. The van der Waals surface area contributed by atoms with Crippen molar-refractivity contribution in [1.82, 2.24) is 4.90 Å². The van der Waals surface area contributed by atoms with Gasteiger partial charge in [0.1, 0.15) is 17.7 Å².